The molecule has 102 valence electrons. The van der Waals surface area contributed by atoms with Crippen molar-refractivity contribution in [3.05, 3.63) is 0 Å². The fourth-order valence-corrected chi connectivity index (χ4v) is 1.50. The van der Waals surface area contributed by atoms with Crippen LogP contribution >= 0.6 is 0 Å². The van der Waals surface area contributed by atoms with Crippen LogP contribution in [0.5, 0.6) is 0 Å². The van der Waals surface area contributed by atoms with E-state index >= 15 is 0 Å². The summed E-state index contributed by atoms with van der Waals surface area (Å²) in [5, 5.41) is 12.6. The Balaban J connectivity index is 4.40. The van der Waals surface area contributed by atoms with Gasteiger partial charge in [0.05, 0.1) is 12.1 Å². The van der Waals surface area contributed by atoms with Gasteiger partial charge in [-0.25, -0.2) is 4.79 Å². The highest BCUT2D eigenvalue weighted by molar-refractivity contribution is 5.68. The molecule has 0 spiro atoms. The molecule has 0 fully saturated rings. The minimum atomic E-state index is -0.646. The van der Waals surface area contributed by atoms with Crippen molar-refractivity contribution in [2.45, 2.75) is 58.8 Å². The summed E-state index contributed by atoms with van der Waals surface area (Å²) in [5.41, 5.74) is 4.86. The molecule has 0 radical (unpaired) electrons. The van der Waals surface area contributed by atoms with E-state index in [1.54, 1.807) is 20.8 Å². The van der Waals surface area contributed by atoms with Gasteiger partial charge in [-0.3, -0.25) is 0 Å². The lowest BCUT2D eigenvalue weighted by Crippen LogP contribution is -2.48. The quantitative estimate of drug-likeness (QED) is 0.681. The largest absolute Gasteiger partial charge is 0.444 e. The maximum Gasteiger partial charge on any atom is 0.407 e. The number of nitrogens with one attached hydrogen (secondary N) is 1. The number of alkyl carbamates (subject to hydrolysis) is 1. The highest BCUT2D eigenvalue weighted by Gasteiger charge is 2.26. The molecule has 0 aliphatic rings. The van der Waals surface area contributed by atoms with Crippen LogP contribution in [0.15, 0.2) is 0 Å². The van der Waals surface area contributed by atoms with Gasteiger partial charge >= 0.3 is 6.09 Å². The van der Waals surface area contributed by atoms with Crippen molar-refractivity contribution in [1.29, 1.82) is 0 Å². The fourth-order valence-electron chi connectivity index (χ4n) is 1.50. The van der Waals surface area contributed by atoms with Crippen molar-refractivity contribution in [3.63, 3.8) is 0 Å². The van der Waals surface area contributed by atoms with E-state index in [1.807, 2.05) is 13.8 Å². The van der Waals surface area contributed by atoms with E-state index in [9.17, 15) is 9.90 Å². The van der Waals surface area contributed by atoms with Gasteiger partial charge in [0.15, 0.2) is 0 Å². The molecular weight excluding hydrogens is 220 g/mol. The maximum atomic E-state index is 11.6. The van der Waals surface area contributed by atoms with E-state index < -0.39 is 17.8 Å². The number of hydrogen-bond donors (Lipinski definition) is 3. The fraction of sp³-hybridized carbons (Fsp3) is 0.917. The lowest BCUT2D eigenvalue weighted by Gasteiger charge is -2.29. The van der Waals surface area contributed by atoms with Crippen LogP contribution in [0.3, 0.4) is 0 Å². The summed E-state index contributed by atoms with van der Waals surface area (Å²) in [6.45, 7) is 9.65. The number of hydrogen-bond acceptors (Lipinski definition) is 4. The zero-order chi connectivity index (χ0) is 13.6. The molecule has 0 saturated heterocycles. The average Bonchev–Trinajstić information content (AvgIpc) is 2.11. The molecule has 0 aromatic heterocycles. The van der Waals surface area contributed by atoms with Gasteiger partial charge in [-0.15, -0.1) is 0 Å². The molecule has 0 heterocycles. The highest BCUT2D eigenvalue weighted by atomic mass is 16.6. The summed E-state index contributed by atoms with van der Waals surface area (Å²) < 4.78 is 5.15. The molecule has 4 N–H and O–H groups in total. The third-order valence-electron chi connectivity index (χ3n) is 2.28. The number of carbonyl (C=O) groups is 1. The van der Waals surface area contributed by atoms with Crippen LogP contribution in [0.4, 0.5) is 4.79 Å². The van der Waals surface area contributed by atoms with E-state index in [2.05, 4.69) is 5.32 Å². The summed E-state index contributed by atoms with van der Waals surface area (Å²) in [7, 11) is 0. The normalized spacial score (nSPS) is 15.5. The zero-order valence-electron chi connectivity index (χ0n) is 11.5. The Bertz CT molecular complexity index is 236. The molecule has 0 aromatic rings. The van der Waals surface area contributed by atoms with Gasteiger partial charge in [0.1, 0.15) is 5.60 Å². The lowest BCUT2D eigenvalue weighted by atomic mass is 9.96. The summed E-state index contributed by atoms with van der Waals surface area (Å²) in [4.78, 5) is 11.6. The first kappa shape index (κ1) is 16.2. The zero-order valence-corrected chi connectivity index (χ0v) is 11.5. The molecule has 17 heavy (non-hydrogen) atoms. The molecular formula is C12H26N2O3. The molecule has 5 heteroatoms. The Morgan fingerprint density at radius 1 is 1.41 bits per heavy atom. The second kappa shape index (κ2) is 6.81. The Kier molecular flexibility index (Phi) is 6.49. The van der Waals surface area contributed by atoms with E-state index in [4.69, 9.17) is 10.5 Å². The standard InChI is InChI=1S/C12H26N2O3/c1-8(2)10(9(15)6-7-13)14-11(16)17-12(3,4)5/h8-10,15H,6-7,13H2,1-5H3,(H,14,16). The third-order valence-corrected chi connectivity index (χ3v) is 2.28. The number of amides is 1. The van der Waals surface area contributed by atoms with E-state index in [1.165, 1.54) is 0 Å². The number of carbonyl (C=O) groups excluding carboxylic acids is 1. The molecule has 0 saturated carbocycles. The van der Waals surface area contributed by atoms with Gasteiger partial charge < -0.3 is 20.9 Å². The van der Waals surface area contributed by atoms with Gasteiger partial charge in [-0.05, 0) is 39.7 Å². The molecule has 0 aliphatic heterocycles. The van der Waals surface area contributed by atoms with Crippen molar-refractivity contribution in [3.8, 4) is 0 Å². The van der Waals surface area contributed by atoms with Gasteiger partial charge in [0, 0.05) is 0 Å². The molecule has 1 amide bonds. The molecule has 0 aliphatic carbocycles. The SMILES string of the molecule is CC(C)C(NC(=O)OC(C)(C)C)C(O)CCN. The van der Waals surface area contributed by atoms with Crippen molar-refractivity contribution < 1.29 is 14.6 Å². The molecule has 0 aromatic carbocycles. The first-order valence-corrected chi connectivity index (χ1v) is 6.05. The molecule has 2 atom stereocenters. The van der Waals surface area contributed by atoms with Crippen LogP contribution in [0, 0.1) is 5.92 Å². The Morgan fingerprint density at radius 3 is 2.29 bits per heavy atom. The Morgan fingerprint density at radius 2 is 1.94 bits per heavy atom. The van der Waals surface area contributed by atoms with E-state index in [0.717, 1.165) is 0 Å². The van der Waals surface area contributed by atoms with E-state index in [-0.39, 0.29) is 12.0 Å². The van der Waals surface area contributed by atoms with Gasteiger partial charge in [-0.1, -0.05) is 13.8 Å². The first-order chi connectivity index (χ1) is 7.67. The minimum absolute atomic E-state index is 0.115. The lowest BCUT2D eigenvalue weighted by molar-refractivity contribution is 0.0367. The number of rotatable bonds is 5. The second-order valence-electron chi connectivity index (χ2n) is 5.56. The van der Waals surface area contributed by atoms with Crippen molar-refractivity contribution in [1.82, 2.24) is 5.32 Å². The van der Waals surface area contributed by atoms with Crippen LogP contribution in [-0.4, -0.2) is 35.5 Å². The van der Waals surface area contributed by atoms with Crippen molar-refractivity contribution in [2.75, 3.05) is 6.54 Å². The van der Waals surface area contributed by atoms with Crippen molar-refractivity contribution >= 4 is 6.09 Å². The van der Waals surface area contributed by atoms with Gasteiger partial charge in [0.25, 0.3) is 0 Å². The van der Waals surface area contributed by atoms with Crippen LogP contribution in [-0.2, 0) is 4.74 Å². The number of nitrogens with two attached hydrogens (primary N) is 1. The molecule has 5 nitrogen and oxygen atoms in total. The predicted octanol–water partition coefficient (Wildman–Crippen LogP) is 1.25. The predicted molar refractivity (Wildman–Crippen MR) is 67.7 cm³/mol. The Labute approximate surface area is 104 Å². The Hall–Kier alpha value is -0.810. The van der Waals surface area contributed by atoms with Gasteiger partial charge in [-0.2, -0.15) is 0 Å². The average molecular weight is 246 g/mol. The third kappa shape index (κ3) is 7.18. The summed E-state index contributed by atoms with van der Waals surface area (Å²) in [5.74, 6) is 0.115. The molecule has 0 bridgehead atoms. The highest BCUT2D eigenvalue weighted by Crippen LogP contribution is 2.12. The van der Waals surface area contributed by atoms with Crippen LogP contribution in [0.1, 0.15) is 41.0 Å². The number of aliphatic hydroxyl groups is 1. The molecule has 0 rings (SSSR count). The van der Waals surface area contributed by atoms with Crippen LogP contribution in [0.25, 0.3) is 0 Å². The number of aliphatic hydroxyl groups excluding tert-OH is 1. The van der Waals surface area contributed by atoms with Crippen LogP contribution < -0.4 is 11.1 Å². The second-order valence-corrected chi connectivity index (χ2v) is 5.56. The van der Waals surface area contributed by atoms with Crippen molar-refractivity contribution in [2.24, 2.45) is 11.7 Å². The monoisotopic (exact) mass is 246 g/mol. The smallest absolute Gasteiger partial charge is 0.407 e. The number of ether oxygens (including phenoxy) is 1. The first-order valence-electron chi connectivity index (χ1n) is 6.05. The summed E-state index contributed by atoms with van der Waals surface area (Å²) >= 11 is 0. The van der Waals surface area contributed by atoms with Crippen LogP contribution in [0.2, 0.25) is 0 Å². The molecule has 2 unspecified atom stereocenters. The minimum Gasteiger partial charge on any atom is -0.444 e. The van der Waals surface area contributed by atoms with E-state index in [0.29, 0.717) is 13.0 Å². The summed E-state index contributed by atoms with van der Waals surface area (Å²) in [6, 6.07) is -0.339. The topological polar surface area (TPSA) is 84.6 Å². The van der Waals surface area contributed by atoms with Gasteiger partial charge in [0.2, 0.25) is 0 Å². The maximum absolute atomic E-state index is 11.6. The summed E-state index contributed by atoms with van der Waals surface area (Å²) in [6.07, 6.45) is -0.696.